The van der Waals surface area contributed by atoms with Crippen molar-refractivity contribution >= 4 is 17.5 Å². The van der Waals surface area contributed by atoms with Crippen molar-refractivity contribution in [3.8, 4) is 11.8 Å². The van der Waals surface area contributed by atoms with Crippen molar-refractivity contribution in [1.29, 1.82) is 0 Å². The third-order valence-electron chi connectivity index (χ3n) is 4.16. The predicted molar refractivity (Wildman–Crippen MR) is 91.7 cm³/mol. The van der Waals surface area contributed by atoms with Gasteiger partial charge in [-0.2, -0.15) is 0 Å². The summed E-state index contributed by atoms with van der Waals surface area (Å²) in [5.41, 5.74) is -0.238. The molecule has 0 radical (unpaired) electrons. The maximum atomic E-state index is 12.0. The molecule has 0 spiro atoms. The van der Waals surface area contributed by atoms with Gasteiger partial charge in [0.15, 0.2) is 5.76 Å². The molecule has 1 saturated carbocycles. The number of hydrogen-bond acceptors (Lipinski definition) is 3. The summed E-state index contributed by atoms with van der Waals surface area (Å²) in [5.74, 6) is 6.03. The van der Waals surface area contributed by atoms with E-state index < -0.39 is 5.60 Å². The Morgan fingerprint density at radius 2 is 2.08 bits per heavy atom. The molecule has 24 heavy (non-hydrogen) atoms. The van der Waals surface area contributed by atoms with Crippen molar-refractivity contribution in [2.24, 2.45) is 0 Å². The molecule has 1 aromatic heterocycles. The van der Waals surface area contributed by atoms with Crippen molar-refractivity contribution in [2.45, 2.75) is 37.3 Å². The molecular weight excluding hydrogens is 326 g/mol. The molecule has 3 rings (SSSR count). The molecule has 4 nitrogen and oxygen atoms in total. The van der Waals surface area contributed by atoms with E-state index in [4.69, 9.17) is 16.0 Å². The first-order chi connectivity index (χ1) is 11.5. The number of carbonyl (C=O) groups is 1. The van der Waals surface area contributed by atoms with E-state index >= 15 is 0 Å². The van der Waals surface area contributed by atoms with Crippen LogP contribution >= 0.6 is 11.6 Å². The number of benzene rings is 1. The van der Waals surface area contributed by atoms with Crippen LogP contribution in [0, 0.1) is 11.8 Å². The highest BCUT2D eigenvalue weighted by atomic mass is 35.5. The smallest absolute Gasteiger partial charge is 0.287 e. The molecule has 0 saturated heterocycles. The number of aliphatic hydroxyl groups is 1. The second-order valence-electron chi connectivity index (χ2n) is 6.02. The number of nitrogens with one attached hydrogen (secondary N) is 1. The second kappa shape index (κ2) is 7.12. The van der Waals surface area contributed by atoms with Gasteiger partial charge in [0.25, 0.3) is 5.91 Å². The second-order valence-corrected chi connectivity index (χ2v) is 6.45. The fourth-order valence-electron chi connectivity index (χ4n) is 2.78. The maximum absolute atomic E-state index is 12.0. The third-order valence-corrected chi connectivity index (χ3v) is 4.39. The van der Waals surface area contributed by atoms with Gasteiger partial charge in [0.05, 0.1) is 6.26 Å². The lowest BCUT2D eigenvalue weighted by atomic mass is 9.82. The summed E-state index contributed by atoms with van der Waals surface area (Å²) < 4.78 is 5.08. The van der Waals surface area contributed by atoms with Crippen LogP contribution < -0.4 is 5.32 Å². The fraction of sp³-hybridized carbons (Fsp3) is 0.316. The average Bonchev–Trinajstić information content (AvgIpc) is 3.10. The monoisotopic (exact) mass is 343 g/mol. The fourth-order valence-corrected chi connectivity index (χ4v) is 2.97. The number of hydrogen-bond donors (Lipinski definition) is 2. The zero-order chi connectivity index (χ0) is 17.0. The highest BCUT2D eigenvalue weighted by Gasteiger charge is 2.32. The van der Waals surface area contributed by atoms with E-state index in [2.05, 4.69) is 17.2 Å². The first-order valence-electron chi connectivity index (χ1n) is 7.90. The Morgan fingerprint density at radius 3 is 2.75 bits per heavy atom. The van der Waals surface area contributed by atoms with Crippen LogP contribution in [0.1, 0.15) is 41.8 Å². The van der Waals surface area contributed by atoms with E-state index in [9.17, 15) is 9.90 Å². The third kappa shape index (κ3) is 4.19. The van der Waals surface area contributed by atoms with Crippen LogP contribution in [-0.2, 0) is 0 Å². The molecule has 1 heterocycles. The Morgan fingerprint density at radius 1 is 1.29 bits per heavy atom. The van der Waals surface area contributed by atoms with Crippen LogP contribution in [0.15, 0.2) is 47.1 Å². The molecule has 0 bridgehead atoms. The Labute approximate surface area is 145 Å². The topological polar surface area (TPSA) is 62.5 Å². The molecule has 2 aromatic rings. The minimum Gasteiger partial charge on any atom is -0.459 e. The molecule has 1 aromatic carbocycles. The number of halogens is 1. The van der Waals surface area contributed by atoms with Gasteiger partial charge in [0.2, 0.25) is 0 Å². The highest BCUT2D eigenvalue weighted by Crippen LogP contribution is 2.28. The minimum atomic E-state index is -1.02. The Balaban J connectivity index is 1.57. The summed E-state index contributed by atoms with van der Waals surface area (Å²) >= 11 is 5.93. The standard InChI is InChI=1S/C19H18ClNO3/c20-15-4-1-3-14(13-15)6-9-19(23)10-7-16(8-11-19)21-18(22)17-5-2-12-24-17/h1-5,12-13,16,23H,7-8,10-11H2,(H,21,22). The molecule has 1 aliphatic carbocycles. The van der Waals surface area contributed by atoms with Crippen molar-refractivity contribution in [1.82, 2.24) is 5.32 Å². The molecular formula is C19H18ClNO3. The quantitative estimate of drug-likeness (QED) is 0.822. The lowest BCUT2D eigenvalue weighted by molar-refractivity contribution is 0.0487. The number of carbonyl (C=O) groups excluding carboxylic acids is 1. The first kappa shape index (κ1) is 16.6. The molecule has 1 aliphatic rings. The Kier molecular flexibility index (Phi) is 4.94. The van der Waals surface area contributed by atoms with Crippen LogP contribution in [0.25, 0.3) is 0 Å². The summed E-state index contributed by atoms with van der Waals surface area (Å²) in [6.07, 6.45) is 3.85. The molecule has 0 atom stereocenters. The predicted octanol–water partition coefficient (Wildman–Crippen LogP) is 3.39. The van der Waals surface area contributed by atoms with Gasteiger partial charge in [0.1, 0.15) is 5.60 Å². The summed E-state index contributed by atoms with van der Waals surface area (Å²) in [7, 11) is 0. The Hall–Kier alpha value is -2.22. The summed E-state index contributed by atoms with van der Waals surface area (Å²) in [6, 6.07) is 10.6. The van der Waals surface area contributed by atoms with Crippen LogP contribution in [0.3, 0.4) is 0 Å². The van der Waals surface area contributed by atoms with Crippen LogP contribution in [0.4, 0.5) is 0 Å². The minimum absolute atomic E-state index is 0.0239. The normalized spacial score (nSPS) is 23.2. The van der Waals surface area contributed by atoms with E-state index in [0.29, 0.717) is 36.5 Å². The first-order valence-corrected chi connectivity index (χ1v) is 8.27. The molecule has 1 fully saturated rings. The van der Waals surface area contributed by atoms with E-state index in [-0.39, 0.29) is 11.9 Å². The van der Waals surface area contributed by atoms with Gasteiger partial charge in [-0.15, -0.1) is 0 Å². The van der Waals surface area contributed by atoms with E-state index in [1.54, 1.807) is 24.3 Å². The van der Waals surface area contributed by atoms with E-state index in [1.165, 1.54) is 6.26 Å². The molecule has 0 unspecified atom stereocenters. The van der Waals surface area contributed by atoms with Crippen molar-refractivity contribution in [3.63, 3.8) is 0 Å². The molecule has 2 N–H and O–H groups in total. The Bertz CT molecular complexity index is 765. The number of rotatable bonds is 2. The molecule has 124 valence electrons. The van der Waals surface area contributed by atoms with Gasteiger partial charge in [0, 0.05) is 16.6 Å². The van der Waals surface area contributed by atoms with Crippen LogP contribution in [0.2, 0.25) is 5.02 Å². The summed E-state index contributed by atoms with van der Waals surface area (Å²) in [6.45, 7) is 0. The van der Waals surface area contributed by atoms with Gasteiger partial charge in [-0.3, -0.25) is 4.79 Å². The molecule has 1 amide bonds. The van der Waals surface area contributed by atoms with E-state index in [1.807, 2.05) is 12.1 Å². The van der Waals surface area contributed by atoms with Gasteiger partial charge in [-0.25, -0.2) is 0 Å². The van der Waals surface area contributed by atoms with Crippen LogP contribution in [0.5, 0.6) is 0 Å². The molecule has 0 aliphatic heterocycles. The van der Waals surface area contributed by atoms with Crippen molar-refractivity contribution < 1.29 is 14.3 Å². The van der Waals surface area contributed by atoms with Gasteiger partial charge < -0.3 is 14.8 Å². The number of amides is 1. The lowest BCUT2D eigenvalue weighted by Gasteiger charge is -2.32. The summed E-state index contributed by atoms with van der Waals surface area (Å²) in [5, 5.41) is 14.2. The van der Waals surface area contributed by atoms with Gasteiger partial charge in [-0.05, 0) is 56.0 Å². The average molecular weight is 344 g/mol. The zero-order valence-corrected chi connectivity index (χ0v) is 13.8. The maximum Gasteiger partial charge on any atom is 0.287 e. The molecule has 5 heteroatoms. The van der Waals surface area contributed by atoms with Gasteiger partial charge >= 0.3 is 0 Å². The van der Waals surface area contributed by atoms with Gasteiger partial charge in [-0.1, -0.05) is 29.5 Å². The van der Waals surface area contributed by atoms with Crippen molar-refractivity contribution in [3.05, 3.63) is 59.0 Å². The van der Waals surface area contributed by atoms with E-state index in [0.717, 1.165) is 5.56 Å². The highest BCUT2D eigenvalue weighted by molar-refractivity contribution is 6.30. The van der Waals surface area contributed by atoms with Crippen LogP contribution in [-0.4, -0.2) is 22.7 Å². The zero-order valence-electron chi connectivity index (χ0n) is 13.1. The SMILES string of the molecule is O=C(NC1CCC(O)(C#Cc2cccc(Cl)c2)CC1)c1ccco1. The van der Waals surface area contributed by atoms with Crippen molar-refractivity contribution in [2.75, 3.05) is 0 Å². The number of furan rings is 1. The lowest BCUT2D eigenvalue weighted by Crippen LogP contribution is -2.42. The largest absolute Gasteiger partial charge is 0.459 e. The summed E-state index contributed by atoms with van der Waals surface area (Å²) in [4.78, 5) is 12.0.